The first kappa shape index (κ1) is 26.1. The number of amides is 1. The minimum atomic E-state index is 0.337. The molecule has 0 saturated heterocycles. The molecule has 0 unspecified atom stereocenters. The van der Waals surface area contributed by atoms with Crippen LogP contribution in [0.15, 0.2) is 10.2 Å². The number of carbonyl (C=O) groups is 1. The van der Waals surface area contributed by atoms with Crippen molar-refractivity contribution in [3.8, 4) is 0 Å². The number of nitrogens with zero attached hydrogens (tertiary/aromatic N) is 6. The highest BCUT2D eigenvalue weighted by atomic mass is 16.5. The van der Waals surface area contributed by atoms with Crippen molar-refractivity contribution >= 4 is 6.41 Å². The molecule has 0 atom stereocenters. The summed E-state index contributed by atoms with van der Waals surface area (Å²) in [7, 11) is 0. The Balaban J connectivity index is 0. The second-order valence-electron chi connectivity index (χ2n) is 4.22. The molecule has 0 aromatic rings. The lowest BCUT2D eigenvalue weighted by atomic mass is 10.6. The van der Waals surface area contributed by atoms with Crippen LogP contribution >= 0.6 is 0 Å². The highest BCUT2D eigenvalue weighted by Crippen LogP contribution is 1.80. The normalized spacial score (nSPS) is 9.27. The summed E-state index contributed by atoms with van der Waals surface area (Å²) in [5.41, 5.74) is 21.0. The molecule has 1 amide bonds. The quantitative estimate of drug-likeness (QED) is 0.114. The van der Waals surface area contributed by atoms with Crippen LogP contribution in [0.2, 0.25) is 0 Å². The van der Waals surface area contributed by atoms with Crippen molar-refractivity contribution in [1.29, 1.82) is 0 Å². The molecule has 3 N–H and O–H groups in total. The fourth-order valence-corrected chi connectivity index (χ4v) is 1.22. The van der Waals surface area contributed by atoms with Crippen LogP contribution in [0.3, 0.4) is 0 Å². The average Bonchev–Trinajstić information content (AvgIpc) is 2.66. The van der Waals surface area contributed by atoms with Gasteiger partial charge in [0.25, 0.3) is 0 Å². The monoisotopic (exact) mass is 376 g/mol. The highest BCUT2D eigenvalue weighted by Gasteiger charge is 1.89. The summed E-state index contributed by atoms with van der Waals surface area (Å²) >= 11 is 0. The summed E-state index contributed by atoms with van der Waals surface area (Å²) in [6, 6.07) is 0. The minimum absolute atomic E-state index is 0.337. The Morgan fingerprint density at radius 3 is 1.69 bits per heavy atom. The maximum Gasteiger partial charge on any atom is 0.207 e. The molecule has 0 fully saturated rings. The number of carbonyl (C=O) groups excluding carboxylic acids is 1. The third kappa shape index (κ3) is 29.8. The van der Waals surface area contributed by atoms with Crippen LogP contribution in [0.4, 0.5) is 0 Å². The molecule has 0 aromatic heterocycles. The Morgan fingerprint density at radius 1 is 0.808 bits per heavy atom. The van der Waals surface area contributed by atoms with Gasteiger partial charge in [0.15, 0.2) is 0 Å². The lowest BCUT2D eigenvalue weighted by Crippen LogP contribution is -2.18. The Hall–Kier alpha value is -2.11. The van der Waals surface area contributed by atoms with Crippen molar-refractivity contribution in [2.24, 2.45) is 16.0 Å². The third-order valence-corrected chi connectivity index (χ3v) is 2.28. The van der Waals surface area contributed by atoms with Crippen molar-refractivity contribution in [2.75, 3.05) is 79.0 Å². The Morgan fingerprint density at radius 2 is 1.27 bits per heavy atom. The van der Waals surface area contributed by atoms with E-state index in [1.807, 2.05) is 0 Å². The zero-order valence-corrected chi connectivity index (χ0v) is 14.9. The molecule has 13 heteroatoms. The molecular formula is C13H28N8O5. The van der Waals surface area contributed by atoms with Crippen LogP contribution < -0.4 is 11.1 Å². The summed E-state index contributed by atoms with van der Waals surface area (Å²) in [6.07, 6.45) is 0.625. The summed E-state index contributed by atoms with van der Waals surface area (Å²) in [5, 5.41) is 9.06. The number of rotatable bonds is 18. The predicted molar refractivity (Wildman–Crippen MR) is 94.4 cm³/mol. The topological polar surface area (TPSA) is 190 Å². The van der Waals surface area contributed by atoms with Crippen LogP contribution in [-0.2, 0) is 23.7 Å². The van der Waals surface area contributed by atoms with E-state index in [1.54, 1.807) is 0 Å². The molecule has 0 aromatic carbocycles. The molecule has 0 heterocycles. The van der Waals surface area contributed by atoms with Gasteiger partial charge in [-0.05, 0) is 11.1 Å². The SMILES string of the molecule is [N-]=[N+]=NCCOCCOCCN.[N-]=[N+]=NCCOCCOCCNC=O. The number of nitrogens with one attached hydrogen (secondary N) is 1. The molecule has 26 heavy (non-hydrogen) atoms. The Bertz CT molecular complexity index is 389. The van der Waals surface area contributed by atoms with Crippen LogP contribution in [0, 0.1) is 0 Å². The van der Waals surface area contributed by atoms with Crippen molar-refractivity contribution < 1.29 is 23.7 Å². The van der Waals surface area contributed by atoms with Gasteiger partial charge < -0.3 is 30.0 Å². The number of azide groups is 2. The van der Waals surface area contributed by atoms with Gasteiger partial charge in [0.05, 0.1) is 52.9 Å². The van der Waals surface area contributed by atoms with Crippen molar-refractivity contribution in [3.05, 3.63) is 20.9 Å². The average molecular weight is 376 g/mol. The van der Waals surface area contributed by atoms with E-state index in [9.17, 15) is 4.79 Å². The number of hydrogen-bond donors (Lipinski definition) is 2. The fourth-order valence-electron chi connectivity index (χ4n) is 1.22. The predicted octanol–water partition coefficient (Wildman–Crippen LogP) is 0.365. The van der Waals surface area contributed by atoms with Crippen molar-refractivity contribution in [2.45, 2.75) is 0 Å². The standard InChI is InChI=1S/C7H14N4O3.C6H14N4O2/c8-11-10-2-4-14-6-5-13-3-1-9-7-12;7-1-3-11-5-6-12-4-2-9-10-8/h7H,1-6H2,(H,9,12);1-7H2. The van der Waals surface area contributed by atoms with E-state index >= 15 is 0 Å². The second-order valence-corrected chi connectivity index (χ2v) is 4.22. The number of ether oxygens (including phenoxy) is 4. The van der Waals surface area contributed by atoms with Gasteiger partial charge in [0.1, 0.15) is 0 Å². The van der Waals surface area contributed by atoms with Crippen LogP contribution in [0.25, 0.3) is 20.9 Å². The van der Waals surface area contributed by atoms with E-state index in [1.165, 1.54) is 0 Å². The Kier molecular flexibility index (Phi) is 27.9. The minimum Gasteiger partial charge on any atom is -0.379 e. The number of nitrogens with two attached hydrogens (primary N) is 1. The van der Waals surface area contributed by atoms with E-state index in [0.717, 1.165) is 0 Å². The molecule has 0 bridgehead atoms. The lowest BCUT2D eigenvalue weighted by Gasteiger charge is -2.03. The molecule has 0 aliphatic rings. The molecule has 13 nitrogen and oxygen atoms in total. The van der Waals surface area contributed by atoms with E-state index in [2.05, 4.69) is 25.4 Å². The first-order valence-corrected chi connectivity index (χ1v) is 8.03. The van der Waals surface area contributed by atoms with Crippen molar-refractivity contribution in [1.82, 2.24) is 5.32 Å². The van der Waals surface area contributed by atoms with Gasteiger partial charge in [0, 0.05) is 36.0 Å². The van der Waals surface area contributed by atoms with E-state index in [0.29, 0.717) is 85.4 Å². The summed E-state index contributed by atoms with van der Waals surface area (Å²) in [4.78, 5) is 15.0. The van der Waals surface area contributed by atoms with E-state index < -0.39 is 0 Å². The van der Waals surface area contributed by atoms with Gasteiger partial charge in [-0.2, -0.15) is 0 Å². The largest absolute Gasteiger partial charge is 0.379 e. The first-order valence-electron chi connectivity index (χ1n) is 8.03. The maximum absolute atomic E-state index is 9.81. The molecular weight excluding hydrogens is 348 g/mol. The number of hydrogen-bond acceptors (Lipinski definition) is 8. The molecule has 0 rings (SSSR count). The van der Waals surface area contributed by atoms with Crippen LogP contribution in [0.1, 0.15) is 0 Å². The van der Waals surface area contributed by atoms with E-state index in [4.69, 9.17) is 35.7 Å². The van der Waals surface area contributed by atoms with Gasteiger partial charge in [-0.25, -0.2) is 0 Å². The molecule has 0 radical (unpaired) electrons. The van der Waals surface area contributed by atoms with Gasteiger partial charge in [-0.1, -0.05) is 10.2 Å². The molecule has 0 spiro atoms. The molecule has 150 valence electrons. The van der Waals surface area contributed by atoms with Crippen molar-refractivity contribution in [3.63, 3.8) is 0 Å². The molecule has 0 saturated carbocycles. The zero-order chi connectivity index (χ0) is 19.6. The lowest BCUT2D eigenvalue weighted by molar-refractivity contribution is -0.109. The molecule has 0 aliphatic heterocycles. The first-order chi connectivity index (χ1) is 12.8. The summed E-state index contributed by atoms with van der Waals surface area (Å²) in [5.74, 6) is 0. The smallest absolute Gasteiger partial charge is 0.207 e. The van der Waals surface area contributed by atoms with E-state index in [-0.39, 0.29) is 0 Å². The third-order valence-electron chi connectivity index (χ3n) is 2.28. The zero-order valence-electron chi connectivity index (χ0n) is 14.9. The van der Waals surface area contributed by atoms with Gasteiger partial charge in [-0.3, -0.25) is 4.79 Å². The summed E-state index contributed by atoms with van der Waals surface area (Å²) < 4.78 is 20.2. The van der Waals surface area contributed by atoms with Crippen LogP contribution in [-0.4, -0.2) is 85.4 Å². The molecule has 0 aliphatic carbocycles. The Labute approximate surface area is 152 Å². The van der Waals surface area contributed by atoms with Gasteiger partial charge in [-0.15, -0.1) is 0 Å². The summed E-state index contributed by atoms with van der Waals surface area (Å²) in [6.45, 7) is 5.58. The highest BCUT2D eigenvalue weighted by molar-refractivity contribution is 5.45. The maximum atomic E-state index is 9.81. The fraction of sp³-hybridized carbons (Fsp3) is 0.923. The second kappa shape index (κ2) is 27.7. The van der Waals surface area contributed by atoms with Gasteiger partial charge >= 0.3 is 0 Å². The van der Waals surface area contributed by atoms with Gasteiger partial charge in [0.2, 0.25) is 6.41 Å². The van der Waals surface area contributed by atoms with Crippen LogP contribution in [0.5, 0.6) is 0 Å².